The molecule has 0 saturated carbocycles. The van der Waals surface area contributed by atoms with Crippen molar-refractivity contribution >= 4 is 5.91 Å². The third-order valence-electron chi connectivity index (χ3n) is 4.54. The topological polar surface area (TPSA) is 38.8 Å². The standard InChI is InChI=1S/C20H23NO3.C2H6/c1-23-18-12-16-10-11-21(14-17(16)13-19(18)24-2)20(22)9-8-15-6-4-3-5-7-15;1-2/h3-7,12-13H,8-11,14H2,1-2H3;1-2H3. The van der Waals surface area contributed by atoms with Crippen molar-refractivity contribution in [2.45, 2.75) is 39.7 Å². The molecule has 0 N–H and O–H groups in total. The van der Waals surface area contributed by atoms with Crippen LogP contribution in [0, 0.1) is 0 Å². The number of aryl methyl sites for hydroxylation is 1. The molecular formula is C22H29NO3. The van der Waals surface area contributed by atoms with Crippen LogP contribution in [0.2, 0.25) is 0 Å². The lowest BCUT2D eigenvalue weighted by molar-refractivity contribution is -0.132. The molecule has 0 bridgehead atoms. The van der Waals surface area contributed by atoms with Gasteiger partial charge in [-0.05, 0) is 41.7 Å². The number of carbonyl (C=O) groups is 1. The van der Waals surface area contributed by atoms with E-state index in [1.54, 1.807) is 14.2 Å². The molecule has 0 unspecified atom stereocenters. The highest BCUT2D eigenvalue weighted by Gasteiger charge is 2.22. The van der Waals surface area contributed by atoms with Crippen molar-refractivity contribution < 1.29 is 14.3 Å². The molecule has 4 heteroatoms. The number of methoxy groups -OCH3 is 2. The highest BCUT2D eigenvalue weighted by molar-refractivity contribution is 5.77. The summed E-state index contributed by atoms with van der Waals surface area (Å²) < 4.78 is 10.7. The fraction of sp³-hybridized carbons (Fsp3) is 0.409. The molecule has 2 aromatic rings. The minimum Gasteiger partial charge on any atom is -0.493 e. The molecule has 1 aliphatic rings. The second kappa shape index (κ2) is 9.85. The van der Waals surface area contributed by atoms with E-state index in [1.165, 1.54) is 11.1 Å². The van der Waals surface area contributed by atoms with E-state index in [2.05, 4.69) is 12.1 Å². The maximum atomic E-state index is 12.5. The molecule has 1 heterocycles. The summed E-state index contributed by atoms with van der Waals surface area (Å²) in [5.41, 5.74) is 3.58. The van der Waals surface area contributed by atoms with Crippen molar-refractivity contribution in [3.05, 3.63) is 59.2 Å². The molecule has 0 fully saturated rings. The molecule has 0 aromatic heterocycles. The van der Waals surface area contributed by atoms with Gasteiger partial charge < -0.3 is 14.4 Å². The molecule has 1 aliphatic heterocycles. The van der Waals surface area contributed by atoms with Crippen LogP contribution in [0.25, 0.3) is 0 Å². The Kier molecular flexibility index (Phi) is 7.52. The van der Waals surface area contributed by atoms with Gasteiger partial charge in [0.1, 0.15) is 0 Å². The van der Waals surface area contributed by atoms with Gasteiger partial charge in [-0.25, -0.2) is 0 Å². The Hall–Kier alpha value is -2.49. The molecule has 1 amide bonds. The number of benzene rings is 2. The van der Waals surface area contributed by atoms with E-state index in [0.29, 0.717) is 13.0 Å². The van der Waals surface area contributed by atoms with E-state index in [4.69, 9.17) is 9.47 Å². The predicted octanol–water partition coefficient (Wildman–Crippen LogP) is 4.25. The van der Waals surface area contributed by atoms with Gasteiger partial charge in [0.25, 0.3) is 0 Å². The zero-order chi connectivity index (χ0) is 18.9. The van der Waals surface area contributed by atoms with Crippen LogP contribution in [-0.4, -0.2) is 31.6 Å². The number of carbonyl (C=O) groups excluding carboxylic acids is 1. The molecule has 0 radical (unpaired) electrons. The summed E-state index contributed by atoms with van der Waals surface area (Å²) in [6, 6.07) is 14.2. The van der Waals surface area contributed by atoms with Crippen molar-refractivity contribution in [2.75, 3.05) is 20.8 Å². The summed E-state index contributed by atoms with van der Waals surface area (Å²) in [4.78, 5) is 14.5. The van der Waals surface area contributed by atoms with Gasteiger partial charge in [-0.15, -0.1) is 0 Å². The second-order valence-electron chi connectivity index (χ2n) is 6.03. The first-order valence-electron chi connectivity index (χ1n) is 9.26. The van der Waals surface area contributed by atoms with Gasteiger partial charge >= 0.3 is 0 Å². The maximum Gasteiger partial charge on any atom is 0.223 e. The van der Waals surface area contributed by atoms with Gasteiger partial charge in [0.15, 0.2) is 11.5 Å². The maximum absolute atomic E-state index is 12.5. The summed E-state index contributed by atoms with van der Waals surface area (Å²) in [6.07, 6.45) is 2.19. The smallest absolute Gasteiger partial charge is 0.223 e. The van der Waals surface area contributed by atoms with Crippen LogP contribution in [0.15, 0.2) is 42.5 Å². The van der Waals surface area contributed by atoms with Gasteiger partial charge in [-0.3, -0.25) is 4.79 Å². The molecular weight excluding hydrogens is 326 g/mol. The lowest BCUT2D eigenvalue weighted by atomic mass is 9.98. The Balaban J connectivity index is 0.00000117. The van der Waals surface area contributed by atoms with Crippen LogP contribution >= 0.6 is 0 Å². The number of ether oxygens (including phenoxy) is 2. The van der Waals surface area contributed by atoms with Crippen LogP contribution in [-0.2, 0) is 24.2 Å². The molecule has 0 atom stereocenters. The quantitative estimate of drug-likeness (QED) is 0.805. The lowest BCUT2D eigenvalue weighted by Crippen LogP contribution is -2.36. The number of hydrogen-bond acceptors (Lipinski definition) is 3. The number of hydrogen-bond donors (Lipinski definition) is 0. The third kappa shape index (κ3) is 4.78. The first-order chi connectivity index (χ1) is 12.7. The van der Waals surface area contributed by atoms with Gasteiger partial charge in [0.05, 0.1) is 14.2 Å². The monoisotopic (exact) mass is 355 g/mol. The molecule has 0 aliphatic carbocycles. The summed E-state index contributed by atoms with van der Waals surface area (Å²) in [6.45, 7) is 5.40. The zero-order valence-corrected chi connectivity index (χ0v) is 16.2. The van der Waals surface area contributed by atoms with Gasteiger partial charge in [0, 0.05) is 19.5 Å². The van der Waals surface area contributed by atoms with Crippen LogP contribution in [0.4, 0.5) is 0 Å². The average Bonchev–Trinajstić information content (AvgIpc) is 2.72. The molecule has 140 valence electrons. The Morgan fingerprint density at radius 2 is 1.62 bits per heavy atom. The molecule has 3 rings (SSSR count). The van der Waals surface area contributed by atoms with Crippen molar-refractivity contribution in [1.82, 2.24) is 4.90 Å². The molecule has 26 heavy (non-hydrogen) atoms. The van der Waals surface area contributed by atoms with Crippen molar-refractivity contribution in [1.29, 1.82) is 0 Å². The van der Waals surface area contributed by atoms with Crippen LogP contribution < -0.4 is 9.47 Å². The minimum absolute atomic E-state index is 0.208. The number of amides is 1. The second-order valence-corrected chi connectivity index (χ2v) is 6.03. The fourth-order valence-electron chi connectivity index (χ4n) is 3.15. The SMILES string of the molecule is CC.COc1cc2c(cc1OC)CN(C(=O)CCc1ccccc1)CC2. The fourth-order valence-corrected chi connectivity index (χ4v) is 3.15. The van der Waals surface area contributed by atoms with Gasteiger partial charge in [-0.1, -0.05) is 44.2 Å². The van der Waals surface area contributed by atoms with E-state index < -0.39 is 0 Å². The summed E-state index contributed by atoms with van der Waals surface area (Å²) in [7, 11) is 3.28. The van der Waals surface area contributed by atoms with Crippen LogP contribution in [0.1, 0.15) is 37.0 Å². The van der Waals surface area contributed by atoms with E-state index in [0.717, 1.165) is 36.4 Å². The number of rotatable bonds is 5. The first-order valence-corrected chi connectivity index (χ1v) is 9.26. The van der Waals surface area contributed by atoms with Crippen LogP contribution in [0.3, 0.4) is 0 Å². The lowest BCUT2D eigenvalue weighted by Gasteiger charge is -2.29. The van der Waals surface area contributed by atoms with Crippen LogP contribution in [0.5, 0.6) is 11.5 Å². The Bertz CT molecular complexity index is 713. The van der Waals surface area contributed by atoms with E-state index in [9.17, 15) is 4.79 Å². The van der Waals surface area contributed by atoms with Gasteiger partial charge in [0.2, 0.25) is 5.91 Å². The van der Waals surface area contributed by atoms with Crippen molar-refractivity contribution in [3.8, 4) is 11.5 Å². The predicted molar refractivity (Wildman–Crippen MR) is 105 cm³/mol. The van der Waals surface area contributed by atoms with E-state index in [-0.39, 0.29) is 5.91 Å². The zero-order valence-electron chi connectivity index (χ0n) is 16.2. The Morgan fingerprint density at radius 3 is 2.23 bits per heavy atom. The van der Waals surface area contributed by atoms with E-state index in [1.807, 2.05) is 49.1 Å². The molecule has 2 aromatic carbocycles. The summed E-state index contributed by atoms with van der Waals surface area (Å²) in [5, 5.41) is 0. The molecule has 0 spiro atoms. The minimum atomic E-state index is 0.208. The largest absolute Gasteiger partial charge is 0.493 e. The van der Waals surface area contributed by atoms with Crippen molar-refractivity contribution in [2.24, 2.45) is 0 Å². The van der Waals surface area contributed by atoms with Gasteiger partial charge in [-0.2, -0.15) is 0 Å². The third-order valence-corrected chi connectivity index (χ3v) is 4.54. The first kappa shape index (κ1) is 19.8. The average molecular weight is 355 g/mol. The molecule has 0 saturated heterocycles. The normalized spacial score (nSPS) is 12.5. The summed E-state index contributed by atoms with van der Waals surface area (Å²) >= 11 is 0. The van der Waals surface area contributed by atoms with Crippen molar-refractivity contribution in [3.63, 3.8) is 0 Å². The number of fused-ring (bicyclic) bond motifs is 1. The van der Waals surface area contributed by atoms with E-state index >= 15 is 0 Å². The highest BCUT2D eigenvalue weighted by Crippen LogP contribution is 2.33. The Morgan fingerprint density at radius 1 is 1.00 bits per heavy atom. The highest BCUT2D eigenvalue weighted by atomic mass is 16.5. The summed E-state index contributed by atoms with van der Waals surface area (Å²) in [5.74, 6) is 1.68. The Labute approximate surface area is 156 Å². The molecule has 4 nitrogen and oxygen atoms in total. The number of nitrogens with zero attached hydrogens (tertiary/aromatic N) is 1.